The largest absolute Gasteiger partial charge is 0.504 e. The molecule has 0 radical (unpaired) electrons. The molecule has 1 saturated carbocycles. The van der Waals surface area contributed by atoms with Crippen LogP contribution in [0.4, 0.5) is 0 Å². The normalized spacial score (nSPS) is 32.3. The zero-order valence-electron chi connectivity index (χ0n) is 20.6. The van der Waals surface area contributed by atoms with Crippen molar-refractivity contribution < 1.29 is 14.9 Å². The van der Waals surface area contributed by atoms with Crippen LogP contribution < -0.4 is 10.5 Å². The minimum absolute atomic E-state index is 0.0340. The number of hydrogen-bond acceptors (Lipinski definition) is 5. The smallest absolute Gasteiger partial charge is 0.166 e. The maximum absolute atomic E-state index is 12.9. The van der Waals surface area contributed by atoms with E-state index in [0.29, 0.717) is 24.6 Å². The predicted octanol–water partition coefficient (Wildman–Crippen LogP) is 3.45. The van der Waals surface area contributed by atoms with Gasteiger partial charge in [0.2, 0.25) is 0 Å². The van der Waals surface area contributed by atoms with E-state index in [2.05, 4.69) is 39.1 Å². The Kier molecular flexibility index (Phi) is 4.01. The number of fused-ring (bicyclic) bond motifs is 4. The van der Waals surface area contributed by atoms with Crippen LogP contribution in [0.25, 0.3) is 10.9 Å². The van der Waals surface area contributed by atoms with E-state index in [1.165, 1.54) is 18.4 Å². The number of likely N-dealkylation sites (tertiary alicyclic amines) is 1. The molecule has 1 spiro atoms. The second kappa shape index (κ2) is 6.84. The molecule has 2 aromatic carbocycles. The molecule has 8 rings (SSSR count). The van der Waals surface area contributed by atoms with Gasteiger partial charge < -0.3 is 25.7 Å². The number of amidine groups is 1. The van der Waals surface area contributed by atoms with Crippen molar-refractivity contribution in [3.63, 3.8) is 0 Å². The number of aliphatic imine (C=N–C) groups is 1. The molecule has 1 aromatic heterocycles. The molecular formula is C29H32N4O3. The van der Waals surface area contributed by atoms with Crippen molar-refractivity contribution in [2.24, 2.45) is 16.6 Å². The number of phenolic OH excluding ortho intramolecular Hbond substituents is 1. The van der Waals surface area contributed by atoms with Gasteiger partial charge in [0.15, 0.2) is 17.6 Å². The van der Waals surface area contributed by atoms with Gasteiger partial charge in [-0.15, -0.1) is 0 Å². The second-order valence-electron chi connectivity index (χ2n) is 11.8. The van der Waals surface area contributed by atoms with Gasteiger partial charge >= 0.3 is 0 Å². The number of hydrogen-bond donors (Lipinski definition) is 4. The number of aromatic hydroxyl groups is 1. The number of rotatable bonds is 4. The maximum atomic E-state index is 12.9. The van der Waals surface area contributed by atoms with Gasteiger partial charge in [0, 0.05) is 35.5 Å². The molecule has 7 nitrogen and oxygen atoms in total. The van der Waals surface area contributed by atoms with Gasteiger partial charge in [-0.3, -0.25) is 9.89 Å². The summed E-state index contributed by atoms with van der Waals surface area (Å²) in [6.07, 6.45) is 4.44. The number of nitrogens with one attached hydrogen (secondary N) is 1. The lowest BCUT2D eigenvalue weighted by atomic mass is 9.49. The van der Waals surface area contributed by atoms with E-state index >= 15 is 0 Å². The second-order valence-corrected chi connectivity index (χ2v) is 11.8. The summed E-state index contributed by atoms with van der Waals surface area (Å²) in [6, 6.07) is 10.2. The van der Waals surface area contributed by atoms with E-state index in [4.69, 9.17) is 10.5 Å². The lowest BCUT2D eigenvalue weighted by Gasteiger charge is -2.62. The quantitative estimate of drug-likeness (QED) is 0.335. The number of aromatic amines is 1. The average Bonchev–Trinajstić information content (AvgIpc) is 3.49. The summed E-state index contributed by atoms with van der Waals surface area (Å²) in [7, 11) is 0. The van der Waals surface area contributed by atoms with Crippen LogP contribution in [0.3, 0.4) is 0 Å². The van der Waals surface area contributed by atoms with Gasteiger partial charge in [0.1, 0.15) is 0 Å². The van der Waals surface area contributed by atoms with Crippen molar-refractivity contribution in [1.29, 1.82) is 0 Å². The first-order chi connectivity index (χ1) is 17.4. The molecule has 0 amide bonds. The van der Waals surface area contributed by atoms with E-state index < -0.39 is 11.0 Å². The molecule has 2 bridgehead atoms. The van der Waals surface area contributed by atoms with Gasteiger partial charge in [0.25, 0.3) is 0 Å². The van der Waals surface area contributed by atoms with Crippen LogP contribution in [0, 0.1) is 5.92 Å². The van der Waals surface area contributed by atoms with E-state index in [0.717, 1.165) is 65.1 Å². The van der Waals surface area contributed by atoms with E-state index in [1.807, 2.05) is 0 Å². The predicted molar refractivity (Wildman–Crippen MR) is 138 cm³/mol. The zero-order chi connectivity index (χ0) is 24.4. The summed E-state index contributed by atoms with van der Waals surface area (Å²) in [6.45, 7) is 4.36. The van der Waals surface area contributed by atoms with Gasteiger partial charge in [-0.05, 0) is 80.0 Å². The van der Waals surface area contributed by atoms with Crippen molar-refractivity contribution >= 4 is 16.7 Å². The van der Waals surface area contributed by atoms with Crippen LogP contribution in [0.1, 0.15) is 60.2 Å². The van der Waals surface area contributed by atoms with Crippen molar-refractivity contribution in [3.8, 4) is 11.5 Å². The molecule has 3 aromatic rings. The third-order valence-electron chi connectivity index (χ3n) is 9.74. The molecule has 5 N–H and O–H groups in total. The standard InChI is InChI=1S/C29H32N4O3/c1-15(30)31-13-17-4-6-21-19(10-17)20-12-29(35)23-11-18-5-7-22(34)26-24(18)28(29,27(36-26)25(20)32-21)8-9-33(23)14-16-2-3-16/h4-7,10,16,23,27,32,34-35H,2-3,8-9,11-14H2,1H3,(H2,30,31)/t23?,27-,28-,29+/m0/s1. The highest BCUT2D eigenvalue weighted by Crippen LogP contribution is 2.69. The first kappa shape index (κ1) is 21.1. The number of ether oxygens (including phenoxy) is 1. The average molecular weight is 485 g/mol. The first-order valence-electron chi connectivity index (χ1n) is 13.3. The minimum atomic E-state index is -0.971. The van der Waals surface area contributed by atoms with Gasteiger partial charge in [-0.1, -0.05) is 12.1 Å². The van der Waals surface area contributed by atoms with Gasteiger partial charge in [-0.2, -0.15) is 0 Å². The van der Waals surface area contributed by atoms with Crippen molar-refractivity contribution in [1.82, 2.24) is 9.88 Å². The fraction of sp³-hybridized carbons (Fsp3) is 0.483. The van der Waals surface area contributed by atoms with E-state index in [-0.39, 0.29) is 17.9 Å². The molecule has 4 atom stereocenters. The van der Waals surface area contributed by atoms with Crippen LogP contribution in [0.2, 0.25) is 0 Å². The molecule has 186 valence electrons. The molecule has 1 unspecified atom stereocenters. The molecule has 1 saturated heterocycles. The number of phenols is 1. The molecule has 36 heavy (non-hydrogen) atoms. The Labute approximate surface area is 210 Å². The Balaban J connectivity index is 1.34. The minimum Gasteiger partial charge on any atom is -0.504 e. The molecule has 2 aliphatic heterocycles. The maximum Gasteiger partial charge on any atom is 0.166 e. The summed E-state index contributed by atoms with van der Waals surface area (Å²) in [5.74, 6) is 2.08. The molecule has 3 aliphatic carbocycles. The zero-order valence-corrected chi connectivity index (χ0v) is 20.6. The van der Waals surface area contributed by atoms with Crippen LogP contribution in [0.15, 0.2) is 35.3 Å². The van der Waals surface area contributed by atoms with Gasteiger partial charge in [-0.25, -0.2) is 0 Å². The Hall–Kier alpha value is -3.03. The number of nitrogens with zero attached hydrogens (tertiary/aromatic N) is 2. The number of benzene rings is 2. The number of nitrogens with two attached hydrogens (primary N) is 1. The molecule has 3 heterocycles. The molecule has 2 fully saturated rings. The molecule has 7 heteroatoms. The summed E-state index contributed by atoms with van der Waals surface area (Å²) < 4.78 is 6.67. The van der Waals surface area contributed by atoms with Crippen LogP contribution in [-0.4, -0.2) is 50.7 Å². The Morgan fingerprint density at radius 1 is 1.28 bits per heavy atom. The SMILES string of the molecule is CC(N)=NCc1ccc2[nH]c3c(c2c1)C[C@@]1(O)C2Cc4ccc(O)c5c4[C@@]1(CCN2CC1CC1)[C@H]3O5. The van der Waals surface area contributed by atoms with E-state index in [1.54, 1.807) is 13.0 Å². The molecule has 5 aliphatic rings. The van der Waals surface area contributed by atoms with Gasteiger partial charge in [0.05, 0.1) is 29.1 Å². The van der Waals surface area contributed by atoms with Crippen LogP contribution in [-0.2, 0) is 24.8 Å². The third-order valence-corrected chi connectivity index (χ3v) is 9.74. The lowest BCUT2D eigenvalue weighted by Crippen LogP contribution is -2.74. The fourth-order valence-electron chi connectivity index (χ4n) is 7.98. The van der Waals surface area contributed by atoms with Crippen molar-refractivity contribution in [2.45, 2.75) is 68.7 Å². The topological polar surface area (TPSA) is 107 Å². The highest BCUT2D eigenvalue weighted by molar-refractivity contribution is 5.87. The van der Waals surface area contributed by atoms with Crippen LogP contribution in [0.5, 0.6) is 11.5 Å². The lowest BCUT2D eigenvalue weighted by molar-refractivity contribution is -0.173. The number of H-pyrrole nitrogens is 1. The summed E-state index contributed by atoms with van der Waals surface area (Å²) in [5.41, 5.74) is 10.8. The van der Waals surface area contributed by atoms with E-state index in [9.17, 15) is 10.2 Å². The first-order valence-corrected chi connectivity index (χ1v) is 13.3. The van der Waals surface area contributed by atoms with Crippen LogP contribution >= 0.6 is 0 Å². The third kappa shape index (κ3) is 2.52. The number of piperidine rings is 1. The van der Waals surface area contributed by atoms with Crippen molar-refractivity contribution in [3.05, 3.63) is 58.3 Å². The number of aromatic nitrogens is 1. The fourth-order valence-corrected chi connectivity index (χ4v) is 7.98. The Bertz CT molecular complexity index is 1470. The van der Waals surface area contributed by atoms with Crippen molar-refractivity contribution in [2.75, 3.05) is 13.1 Å². The monoisotopic (exact) mass is 484 g/mol. The Morgan fingerprint density at radius 2 is 2.14 bits per heavy atom. The highest BCUT2D eigenvalue weighted by atomic mass is 16.5. The summed E-state index contributed by atoms with van der Waals surface area (Å²) in [4.78, 5) is 10.6. The summed E-state index contributed by atoms with van der Waals surface area (Å²) >= 11 is 0. The molecular weight excluding hydrogens is 452 g/mol. The highest BCUT2D eigenvalue weighted by Gasteiger charge is 2.72. The summed E-state index contributed by atoms with van der Waals surface area (Å²) in [5, 5.41) is 24.9. The Morgan fingerprint density at radius 3 is 2.94 bits per heavy atom. The number of aliphatic hydroxyl groups is 1.